The number of benzene rings is 1. The minimum atomic E-state index is 0.625. The lowest BCUT2D eigenvalue weighted by Gasteiger charge is -2.03. The molecule has 19 heavy (non-hydrogen) atoms. The summed E-state index contributed by atoms with van der Waals surface area (Å²) in [7, 11) is 0. The highest BCUT2D eigenvalue weighted by atomic mass is 32.1. The van der Waals surface area contributed by atoms with Crippen LogP contribution in [0.2, 0.25) is 0 Å². The molecule has 1 aromatic heterocycles. The average Bonchev–Trinajstić information content (AvgIpc) is 3.11. The Labute approximate surface area is 116 Å². The highest BCUT2D eigenvalue weighted by Crippen LogP contribution is 2.25. The third kappa shape index (κ3) is 2.83. The van der Waals surface area contributed by atoms with E-state index in [0.29, 0.717) is 11.5 Å². The van der Waals surface area contributed by atoms with Crippen molar-refractivity contribution >= 4 is 11.3 Å². The third-order valence-electron chi connectivity index (χ3n) is 3.35. The van der Waals surface area contributed by atoms with Crippen LogP contribution < -0.4 is 0 Å². The first-order valence-electron chi connectivity index (χ1n) is 6.38. The van der Waals surface area contributed by atoms with Crippen LogP contribution in [0, 0.1) is 17.2 Å². The van der Waals surface area contributed by atoms with Crippen molar-refractivity contribution < 1.29 is 4.74 Å². The van der Waals surface area contributed by atoms with Gasteiger partial charge in [-0.05, 0) is 24.5 Å². The predicted molar refractivity (Wildman–Crippen MR) is 74.9 cm³/mol. The average molecular weight is 270 g/mol. The van der Waals surface area contributed by atoms with Gasteiger partial charge in [0.1, 0.15) is 0 Å². The molecule has 1 unspecified atom stereocenters. The van der Waals surface area contributed by atoms with E-state index in [1.165, 1.54) is 5.01 Å². The lowest BCUT2D eigenvalue weighted by atomic mass is 10.1. The van der Waals surface area contributed by atoms with E-state index >= 15 is 0 Å². The van der Waals surface area contributed by atoms with Gasteiger partial charge in [-0.1, -0.05) is 12.1 Å². The molecule has 1 aliphatic heterocycles. The molecule has 4 heteroatoms. The molecular formula is C15H14N2OS. The first kappa shape index (κ1) is 12.3. The number of hydrogen-bond acceptors (Lipinski definition) is 4. The van der Waals surface area contributed by atoms with Crippen LogP contribution in [0.1, 0.15) is 17.0 Å². The fourth-order valence-electron chi connectivity index (χ4n) is 2.24. The molecule has 1 saturated heterocycles. The van der Waals surface area contributed by atoms with Crippen molar-refractivity contribution in [3.8, 4) is 17.3 Å². The molecule has 0 saturated carbocycles. The predicted octanol–water partition coefficient (Wildman–Crippen LogP) is 3.26. The van der Waals surface area contributed by atoms with Crippen molar-refractivity contribution in [3.63, 3.8) is 0 Å². The fraction of sp³-hybridized carbons (Fsp3) is 0.333. The van der Waals surface area contributed by atoms with Gasteiger partial charge < -0.3 is 4.74 Å². The summed E-state index contributed by atoms with van der Waals surface area (Å²) in [6.07, 6.45) is 2.16. The second-order valence-electron chi connectivity index (χ2n) is 4.75. The van der Waals surface area contributed by atoms with Crippen molar-refractivity contribution in [1.82, 2.24) is 4.98 Å². The van der Waals surface area contributed by atoms with Gasteiger partial charge in [-0.2, -0.15) is 5.26 Å². The molecule has 0 spiro atoms. The zero-order chi connectivity index (χ0) is 13.1. The standard InChI is InChI=1S/C15H14N2OS/c16-8-11-1-3-13(4-2-11)14-10-19-15(17-14)7-12-5-6-18-9-12/h1-4,10,12H,5-7,9H2. The van der Waals surface area contributed by atoms with E-state index < -0.39 is 0 Å². The number of rotatable bonds is 3. The molecule has 96 valence electrons. The van der Waals surface area contributed by atoms with Crippen LogP contribution in [0.3, 0.4) is 0 Å². The topological polar surface area (TPSA) is 45.9 Å². The maximum Gasteiger partial charge on any atom is 0.0991 e. The number of hydrogen-bond donors (Lipinski definition) is 0. The van der Waals surface area contributed by atoms with E-state index in [4.69, 9.17) is 10.00 Å². The highest BCUT2D eigenvalue weighted by Gasteiger charge is 2.17. The summed E-state index contributed by atoms with van der Waals surface area (Å²) in [6, 6.07) is 9.70. The quantitative estimate of drug-likeness (QED) is 0.860. The molecule has 0 radical (unpaired) electrons. The summed E-state index contributed by atoms with van der Waals surface area (Å²) in [4.78, 5) is 4.68. The Kier molecular flexibility index (Phi) is 3.58. The molecule has 2 heterocycles. The summed E-state index contributed by atoms with van der Waals surface area (Å²) in [5.41, 5.74) is 2.76. The Morgan fingerprint density at radius 1 is 1.37 bits per heavy atom. The van der Waals surface area contributed by atoms with Crippen molar-refractivity contribution in [2.24, 2.45) is 5.92 Å². The monoisotopic (exact) mass is 270 g/mol. The molecule has 3 rings (SSSR count). The van der Waals surface area contributed by atoms with E-state index in [9.17, 15) is 0 Å². The van der Waals surface area contributed by atoms with Gasteiger partial charge in [0, 0.05) is 30.6 Å². The molecule has 1 atom stereocenters. The van der Waals surface area contributed by atoms with Gasteiger partial charge in [0.2, 0.25) is 0 Å². The maximum absolute atomic E-state index is 8.79. The third-order valence-corrected chi connectivity index (χ3v) is 4.22. The van der Waals surface area contributed by atoms with Gasteiger partial charge in [0.15, 0.2) is 0 Å². The van der Waals surface area contributed by atoms with Crippen LogP contribution in [0.25, 0.3) is 11.3 Å². The van der Waals surface area contributed by atoms with Gasteiger partial charge in [-0.25, -0.2) is 4.98 Å². The lowest BCUT2D eigenvalue weighted by molar-refractivity contribution is 0.186. The molecule has 1 fully saturated rings. The highest BCUT2D eigenvalue weighted by molar-refractivity contribution is 7.09. The van der Waals surface area contributed by atoms with Crippen LogP contribution >= 0.6 is 11.3 Å². The smallest absolute Gasteiger partial charge is 0.0991 e. The molecule has 0 bridgehead atoms. The van der Waals surface area contributed by atoms with E-state index in [0.717, 1.165) is 37.3 Å². The normalized spacial score (nSPS) is 18.4. The fourth-order valence-corrected chi connectivity index (χ4v) is 3.16. The zero-order valence-electron chi connectivity index (χ0n) is 10.5. The number of nitrogens with zero attached hydrogens (tertiary/aromatic N) is 2. The number of aromatic nitrogens is 1. The van der Waals surface area contributed by atoms with Crippen LogP contribution in [0.5, 0.6) is 0 Å². The summed E-state index contributed by atoms with van der Waals surface area (Å²) >= 11 is 1.71. The Morgan fingerprint density at radius 2 is 2.21 bits per heavy atom. The first-order chi connectivity index (χ1) is 9.35. The van der Waals surface area contributed by atoms with Gasteiger partial charge in [0.25, 0.3) is 0 Å². The molecule has 2 aromatic rings. The SMILES string of the molecule is N#Cc1ccc(-c2csc(CC3CCOC3)n2)cc1. The zero-order valence-corrected chi connectivity index (χ0v) is 11.3. The van der Waals surface area contributed by atoms with E-state index in [1.54, 1.807) is 11.3 Å². The van der Waals surface area contributed by atoms with Crippen LogP contribution in [0.4, 0.5) is 0 Å². The minimum Gasteiger partial charge on any atom is -0.381 e. The van der Waals surface area contributed by atoms with E-state index in [2.05, 4.69) is 16.4 Å². The van der Waals surface area contributed by atoms with Gasteiger partial charge in [-0.3, -0.25) is 0 Å². The Bertz CT molecular complexity index is 591. The van der Waals surface area contributed by atoms with Crippen LogP contribution in [0.15, 0.2) is 29.6 Å². The largest absolute Gasteiger partial charge is 0.381 e. The first-order valence-corrected chi connectivity index (χ1v) is 7.26. The summed E-state index contributed by atoms with van der Waals surface area (Å²) in [6.45, 7) is 1.75. The van der Waals surface area contributed by atoms with Crippen molar-refractivity contribution in [3.05, 3.63) is 40.2 Å². The maximum atomic E-state index is 8.79. The van der Waals surface area contributed by atoms with Crippen LogP contribution in [-0.4, -0.2) is 18.2 Å². The number of thiazole rings is 1. The molecular weight excluding hydrogens is 256 g/mol. The molecule has 3 nitrogen and oxygen atoms in total. The Hall–Kier alpha value is -1.70. The van der Waals surface area contributed by atoms with E-state index in [-0.39, 0.29) is 0 Å². The van der Waals surface area contributed by atoms with Gasteiger partial charge in [0.05, 0.1) is 22.3 Å². The van der Waals surface area contributed by atoms with Crippen molar-refractivity contribution in [2.45, 2.75) is 12.8 Å². The summed E-state index contributed by atoms with van der Waals surface area (Å²) in [5, 5.41) is 12.1. The molecule has 0 amide bonds. The van der Waals surface area contributed by atoms with Crippen molar-refractivity contribution in [1.29, 1.82) is 5.26 Å². The second kappa shape index (κ2) is 5.52. The van der Waals surface area contributed by atoms with E-state index in [1.807, 2.05) is 24.3 Å². The Morgan fingerprint density at radius 3 is 2.89 bits per heavy atom. The molecule has 0 aliphatic carbocycles. The van der Waals surface area contributed by atoms with Crippen molar-refractivity contribution in [2.75, 3.05) is 13.2 Å². The van der Waals surface area contributed by atoms with Gasteiger partial charge in [-0.15, -0.1) is 11.3 Å². The number of ether oxygens (including phenoxy) is 1. The molecule has 0 N–H and O–H groups in total. The lowest BCUT2D eigenvalue weighted by Crippen LogP contribution is -2.02. The van der Waals surface area contributed by atoms with Gasteiger partial charge >= 0.3 is 0 Å². The Balaban J connectivity index is 1.74. The molecule has 1 aliphatic rings. The second-order valence-corrected chi connectivity index (χ2v) is 5.69. The minimum absolute atomic E-state index is 0.625. The molecule has 1 aromatic carbocycles. The summed E-state index contributed by atoms with van der Waals surface area (Å²) < 4.78 is 5.39. The summed E-state index contributed by atoms with van der Waals surface area (Å²) in [5.74, 6) is 0.625. The van der Waals surface area contributed by atoms with Crippen LogP contribution in [-0.2, 0) is 11.2 Å². The number of nitriles is 1.